The van der Waals surface area contributed by atoms with Gasteiger partial charge in [-0.15, -0.1) is 10.2 Å². The van der Waals surface area contributed by atoms with Gasteiger partial charge in [-0.05, 0) is 42.0 Å². The average Bonchev–Trinajstić information content (AvgIpc) is 3.26. The molecule has 0 bridgehead atoms. The van der Waals surface area contributed by atoms with E-state index in [9.17, 15) is 9.59 Å². The first kappa shape index (κ1) is 21.5. The summed E-state index contributed by atoms with van der Waals surface area (Å²) in [6.07, 6.45) is 0. The van der Waals surface area contributed by atoms with Gasteiger partial charge in [-0.2, -0.15) is 0 Å². The number of aromatic nitrogens is 2. The fourth-order valence-electron chi connectivity index (χ4n) is 2.94. The summed E-state index contributed by atoms with van der Waals surface area (Å²) < 4.78 is 5.74. The third kappa shape index (κ3) is 5.11. The van der Waals surface area contributed by atoms with E-state index in [1.165, 1.54) is 11.3 Å². The summed E-state index contributed by atoms with van der Waals surface area (Å²) in [5, 5.41) is 12.5. The van der Waals surface area contributed by atoms with Crippen molar-refractivity contribution in [1.82, 2.24) is 10.2 Å². The first-order chi connectivity index (χ1) is 15.5. The van der Waals surface area contributed by atoms with Gasteiger partial charge >= 0.3 is 0 Å². The van der Waals surface area contributed by atoms with E-state index in [1.54, 1.807) is 54.6 Å². The lowest BCUT2D eigenvalue weighted by Gasteiger charge is -2.10. The van der Waals surface area contributed by atoms with Gasteiger partial charge in [-0.1, -0.05) is 59.3 Å². The normalized spacial score (nSPS) is 10.5. The van der Waals surface area contributed by atoms with Crippen LogP contribution in [0.5, 0.6) is 5.75 Å². The smallest absolute Gasteiger partial charge is 0.257 e. The van der Waals surface area contributed by atoms with Gasteiger partial charge in [0.1, 0.15) is 17.4 Å². The summed E-state index contributed by atoms with van der Waals surface area (Å²) in [5.41, 5.74) is 7.70. The van der Waals surface area contributed by atoms with Gasteiger partial charge in [0.05, 0.1) is 5.56 Å². The van der Waals surface area contributed by atoms with Crippen LogP contribution in [0.15, 0.2) is 72.8 Å². The molecule has 0 saturated carbocycles. The van der Waals surface area contributed by atoms with Crippen LogP contribution in [0.2, 0.25) is 5.02 Å². The summed E-state index contributed by atoms with van der Waals surface area (Å²) in [6, 6.07) is 21.0. The van der Waals surface area contributed by atoms with E-state index in [0.717, 1.165) is 11.1 Å². The van der Waals surface area contributed by atoms with Crippen LogP contribution in [0.1, 0.15) is 26.3 Å². The quantitative estimate of drug-likeness (QED) is 0.409. The number of carbonyl (C=O) groups excluding carboxylic acids is 2. The van der Waals surface area contributed by atoms with Crippen LogP contribution < -0.4 is 15.8 Å². The summed E-state index contributed by atoms with van der Waals surface area (Å²) in [4.78, 5) is 24.2. The Morgan fingerprint density at radius 3 is 2.62 bits per heavy atom. The zero-order valence-corrected chi connectivity index (χ0v) is 18.2. The van der Waals surface area contributed by atoms with Crippen molar-refractivity contribution in [3.05, 3.63) is 94.5 Å². The van der Waals surface area contributed by atoms with Crippen molar-refractivity contribution in [2.75, 3.05) is 5.32 Å². The minimum absolute atomic E-state index is 0.170. The van der Waals surface area contributed by atoms with Gasteiger partial charge in [-0.25, -0.2) is 0 Å². The topological polar surface area (TPSA) is 107 Å². The van der Waals surface area contributed by atoms with E-state index in [4.69, 9.17) is 22.1 Å². The Labute approximate surface area is 192 Å². The minimum Gasteiger partial charge on any atom is -0.488 e. The number of nitrogens with zero attached hydrogens (tertiary/aromatic N) is 2. The number of halogens is 1. The monoisotopic (exact) mass is 464 g/mol. The van der Waals surface area contributed by atoms with Crippen LogP contribution in [-0.4, -0.2) is 22.0 Å². The molecule has 0 spiro atoms. The second kappa shape index (κ2) is 9.59. The molecule has 4 aromatic rings. The number of primary amides is 1. The number of rotatable bonds is 7. The molecule has 1 aromatic heterocycles. The van der Waals surface area contributed by atoms with Crippen LogP contribution in [0.4, 0.5) is 5.13 Å². The summed E-state index contributed by atoms with van der Waals surface area (Å²) in [6.45, 7) is 0.170. The van der Waals surface area contributed by atoms with E-state index < -0.39 is 5.91 Å². The molecule has 0 aliphatic heterocycles. The molecule has 2 amide bonds. The molecule has 9 heteroatoms. The Bertz CT molecular complexity index is 1290. The van der Waals surface area contributed by atoms with Gasteiger partial charge in [0.15, 0.2) is 0 Å². The molecule has 0 fully saturated rings. The van der Waals surface area contributed by atoms with Gasteiger partial charge < -0.3 is 10.5 Å². The predicted octanol–water partition coefficient (Wildman–Crippen LogP) is 4.79. The maximum Gasteiger partial charge on any atom is 0.257 e. The molecule has 4 rings (SSSR count). The number of amides is 2. The van der Waals surface area contributed by atoms with Gasteiger partial charge in [0.25, 0.3) is 11.8 Å². The average molecular weight is 465 g/mol. The van der Waals surface area contributed by atoms with Crippen molar-refractivity contribution in [1.29, 1.82) is 0 Å². The molecular formula is C23H17ClN4O3S. The number of para-hydroxylation sites is 1. The Morgan fingerprint density at radius 1 is 1.00 bits per heavy atom. The molecule has 3 aromatic carbocycles. The van der Waals surface area contributed by atoms with Crippen LogP contribution in [0, 0.1) is 0 Å². The highest BCUT2D eigenvalue weighted by molar-refractivity contribution is 7.18. The fraction of sp³-hybridized carbons (Fsp3) is 0.0435. The highest BCUT2D eigenvalue weighted by Gasteiger charge is 2.13. The molecule has 160 valence electrons. The number of nitrogens with one attached hydrogen (secondary N) is 1. The van der Waals surface area contributed by atoms with E-state index in [1.807, 2.05) is 18.2 Å². The van der Waals surface area contributed by atoms with Gasteiger partial charge in [-0.3, -0.25) is 14.9 Å². The predicted molar refractivity (Wildman–Crippen MR) is 124 cm³/mol. The van der Waals surface area contributed by atoms with Crippen molar-refractivity contribution < 1.29 is 14.3 Å². The number of anilines is 1. The highest BCUT2D eigenvalue weighted by atomic mass is 35.5. The summed E-state index contributed by atoms with van der Waals surface area (Å²) in [7, 11) is 0. The van der Waals surface area contributed by atoms with Crippen molar-refractivity contribution in [3.63, 3.8) is 0 Å². The van der Waals surface area contributed by atoms with E-state index in [0.29, 0.717) is 32.0 Å². The molecule has 3 N–H and O–H groups in total. The molecule has 1 heterocycles. The van der Waals surface area contributed by atoms with Crippen LogP contribution in [-0.2, 0) is 6.61 Å². The number of hydrogen-bond donors (Lipinski definition) is 2. The molecule has 0 radical (unpaired) electrons. The number of carbonyl (C=O) groups is 2. The number of hydrogen-bond acceptors (Lipinski definition) is 6. The van der Waals surface area contributed by atoms with Gasteiger partial charge in [0.2, 0.25) is 5.13 Å². The Hall–Kier alpha value is -3.75. The lowest BCUT2D eigenvalue weighted by atomic mass is 10.1. The summed E-state index contributed by atoms with van der Waals surface area (Å²) >= 11 is 7.28. The van der Waals surface area contributed by atoms with Crippen LogP contribution >= 0.6 is 22.9 Å². The second-order valence-corrected chi connectivity index (χ2v) is 8.14. The van der Waals surface area contributed by atoms with Crippen molar-refractivity contribution in [2.45, 2.75) is 6.61 Å². The number of nitrogens with two attached hydrogens (primary N) is 1. The van der Waals surface area contributed by atoms with E-state index in [-0.39, 0.29) is 12.5 Å². The van der Waals surface area contributed by atoms with Crippen molar-refractivity contribution in [3.8, 4) is 16.3 Å². The van der Waals surface area contributed by atoms with Gasteiger partial charge in [0, 0.05) is 16.1 Å². The molecule has 0 saturated heterocycles. The molecule has 0 aliphatic carbocycles. The lowest BCUT2D eigenvalue weighted by Crippen LogP contribution is -2.13. The number of benzene rings is 3. The Kier molecular flexibility index (Phi) is 6.44. The molecular weight excluding hydrogens is 448 g/mol. The Morgan fingerprint density at radius 2 is 1.81 bits per heavy atom. The Balaban J connectivity index is 1.43. The molecule has 0 atom stereocenters. The standard InChI is InChI=1S/C23H17ClN4O3S/c24-17-8-4-7-16(12-17)22-27-28-23(32-22)26-21(30)15-6-3-5-14(11-15)13-31-19-10-2-1-9-18(19)20(25)29/h1-12H,13H2,(H2,25,29)(H,26,28,30). The SMILES string of the molecule is NC(=O)c1ccccc1OCc1cccc(C(=O)Nc2nnc(-c3cccc(Cl)c3)s2)c1. The molecule has 7 nitrogen and oxygen atoms in total. The molecule has 0 aliphatic rings. The number of ether oxygens (including phenoxy) is 1. The van der Waals surface area contributed by atoms with Crippen LogP contribution in [0.25, 0.3) is 10.6 Å². The van der Waals surface area contributed by atoms with Crippen LogP contribution in [0.3, 0.4) is 0 Å². The van der Waals surface area contributed by atoms with E-state index in [2.05, 4.69) is 15.5 Å². The van der Waals surface area contributed by atoms with Crippen molar-refractivity contribution >= 4 is 39.9 Å². The zero-order chi connectivity index (χ0) is 22.5. The maximum absolute atomic E-state index is 12.7. The fourth-order valence-corrected chi connectivity index (χ4v) is 3.87. The third-order valence-corrected chi connectivity index (χ3v) is 5.58. The third-order valence-electron chi connectivity index (χ3n) is 4.45. The minimum atomic E-state index is -0.567. The van der Waals surface area contributed by atoms with E-state index >= 15 is 0 Å². The lowest BCUT2D eigenvalue weighted by molar-refractivity contribution is 0.0994. The maximum atomic E-state index is 12.7. The largest absolute Gasteiger partial charge is 0.488 e. The first-order valence-corrected chi connectivity index (χ1v) is 10.7. The molecule has 32 heavy (non-hydrogen) atoms. The molecule has 0 unspecified atom stereocenters. The zero-order valence-electron chi connectivity index (χ0n) is 16.6. The first-order valence-electron chi connectivity index (χ1n) is 9.51. The second-order valence-electron chi connectivity index (χ2n) is 6.73. The highest BCUT2D eigenvalue weighted by Crippen LogP contribution is 2.28. The van der Waals surface area contributed by atoms with Crippen molar-refractivity contribution in [2.24, 2.45) is 5.73 Å². The summed E-state index contributed by atoms with van der Waals surface area (Å²) in [5.74, 6) is -0.502.